The number of hydrogen-bond donors (Lipinski definition) is 0. The minimum Gasteiger partial charge on any atom is -0.264 e. The highest BCUT2D eigenvalue weighted by molar-refractivity contribution is 14.1. The first-order valence-corrected chi connectivity index (χ1v) is 11.4. The van der Waals surface area contributed by atoms with Crippen molar-refractivity contribution in [3.63, 3.8) is 0 Å². The molecular weight excluding hydrogens is 377 g/mol. The second-order valence-electron chi connectivity index (χ2n) is 4.30. The van der Waals surface area contributed by atoms with E-state index in [1.165, 1.54) is 0 Å². The van der Waals surface area contributed by atoms with Crippen LogP contribution in [-0.4, -0.2) is 20.5 Å². The summed E-state index contributed by atoms with van der Waals surface area (Å²) in [5.41, 5.74) is -2.24. The van der Waals surface area contributed by atoms with Gasteiger partial charge in [0, 0.05) is 34.5 Å². The molecule has 0 aromatic carbocycles. The van der Waals surface area contributed by atoms with Gasteiger partial charge in [-0.1, -0.05) is 40.0 Å². The van der Waals surface area contributed by atoms with Crippen molar-refractivity contribution in [2.45, 2.75) is 0 Å². The Kier molecular flexibility index (Phi) is 3.88. The highest BCUT2D eigenvalue weighted by atomic mass is 127. The maximum atomic E-state index is 4.58. The molecule has 0 fully saturated rings. The van der Waals surface area contributed by atoms with Crippen molar-refractivity contribution in [2.24, 2.45) is 0 Å². The summed E-state index contributed by atoms with van der Waals surface area (Å²) in [4.78, 5) is 13.7. The van der Waals surface area contributed by atoms with E-state index in [9.17, 15) is 0 Å². The fraction of sp³-hybridized carbons (Fsp3) is 0. The van der Waals surface area contributed by atoms with Crippen LogP contribution in [0.15, 0.2) is 73.2 Å². The Balaban J connectivity index is 2.24. The lowest BCUT2D eigenvalue weighted by Crippen LogP contribution is -2.65. The van der Waals surface area contributed by atoms with Crippen LogP contribution in [0.5, 0.6) is 0 Å². The summed E-state index contributed by atoms with van der Waals surface area (Å²) in [6.07, 6.45) is 5.50. The maximum Gasteiger partial charge on any atom is 0.275 e. The molecule has 0 spiro atoms. The molecule has 3 aromatic rings. The predicted octanol–water partition coefficient (Wildman–Crippen LogP) is 1.27. The fourth-order valence-electron chi connectivity index (χ4n) is 2.09. The van der Waals surface area contributed by atoms with E-state index in [0.717, 1.165) is 16.0 Å². The number of halogens is 1. The molecule has 0 radical (unpaired) electrons. The van der Waals surface area contributed by atoms with Gasteiger partial charge in [-0.25, -0.2) is 0 Å². The summed E-state index contributed by atoms with van der Waals surface area (Å²) in [6, 6.07) is 18.1. The van der Waals surface area contributed by atoms with Crippen LogP contribution in [0.1, 0.15) is 0 Å². The Morgan fingerprint density at radius 3 is 1.20 bits per heavy atom. The maximum absolute atomic E-state index is 4.58. The molecule has 0 bridgehead atoms. The number of aromatic nitrogens is 3. The average molecular weight is 389 g/mol. The lowest BCUT2D eigenvalue weighted by atomic mass is 10.5. The standard InChI is InChI=1S/C15H12IN3Si/c16-20(13-7-1-4-10-17-13,14-8-2-5-11-18-14)15-9-3-6-12-19-15/h1-12H. The molecule has 0 saturated heterocycles. The highest BCUT2D eigenvalue weighted by Gasteiger charge is 2.41. The Morgan fingerprint density at radius 2 is 0.950 bits per heavy atom. The first-order chi connectivity index (χ1) is 9.82. The van der Waals surface area contributed by atoms with Gasteiger partial charge in [0.1, 0.15) is 0 Å². The van der Waals surface area contributed by atoms with Gasteiger partial charge in [-0.05, 0) is 36.4 Å². The van der Waals surface area contributed by atoms with Crippen LogP contribution >= 0.6 is 21.8 Å². The molecule has 3 aromatic heterocycles. The molecule has 0 aliphatic carbocycles. The Hall–Kier alpha value is -1.60. The molecule has 0 saturated carbocycles. The normalized spacial score (nSPS) is 11.2. The van der Waals surface area contributed by atoms with Gasteiger partial charge in [0.05, 0.1) is 0 Å². The van der Waals surface area contributed by atoms with Crippen molar-refractivity contribution in [3.8, 4) is 0 Å². The molecule has 0 aliphatic heterocycles. The third kappa shape index (κ3) is 2.38. The van der Waals surface area contributed by atoms with Crippen molar-refractivity contribution in [3.05, 3.63) is 73.2 Å². The van der Waals surface area contributed by atoms with Gasteiger partial charge in [0.15, 0.2) is 0 Å². The van der Waals surface area contributed by atoms with Crippen LogP contribution in [0, 0.1) is 0 Å². The second-order valence-corrected chi connectivity index (χ2v) is 12.0. The van der Waals surface area contributed by atoms with Gasteiger partial charge in [-0.3, -0.25) is 15.0 Å². The number of hydrogen-bond acceptors (Lipinski definition) is 3. The third-order valence-electron chi connectivity index (χ3n) is 3.05. The summed E-state index contributed by atoms with van der Waals surface area (Å²) >= 11 is 2.52. The van der Waals surface area contributed by atoms with E-state index in [-0.39, 0.29) is 0 Å². The van der Waals surface area contributed by atoms with E-state index < -0.39 is 5.57 Å². The van der Waals surface area contributed by atoms with Crippen LogP contribution in [0.25, 0.3) is 0 Å². The molecule has 0 unspecified atom stereocenters. The Labute approximate surface area is 131 Å². The topological polar surface area (TPSA) is 38.7 Å². The van der Waals surface area contributed by atoms with E-state index in [2.05, 4.69) is 54.9 Å². The molecule has 3 rings (SSSR count). The molecule has 3 nitrogen and oxygen atoms in total. The molecule has 0 atom stereocenters. The largest absolute Gasteiger partial charge is 0.275 e. The van der Waals surface area contributed by atoms with E-state index in [1.54, 1.807) is 0 Å². The zero-order valence-electron chi connectivity index (χ0n) is 10.6. The summed E-state index contributed by atoms with van der Waals surface area (Å²) in [5.74, 6) is 0. The van der Waals surface area contributed by atoms with Crippen LogP contribution in [0.4, 0.5) is 0 Å². The number of nitrogens with zero attached hydrogens (tertiary/aromatic N) is 3. The minimum absolute atomic E-state index is 1.07. The second kappa shape index (κ2) is 5.80. The molecule has 3 heterocycles. The molecule has 0 aliphatic rings. The molecule has 98 valence electrons. The Bertz CT molecular complexity index is 581. The van der Waals surface area contributed by atoms with Crippen LogP contribution in [0.2, 0.25) is 0 Å². The van der Waals surface area contributed by atoms with E-state index in [0.29, 0.717) is 0 Å². The van der Waals surface area contributed by atoms with Gasteiger partial charge >= 0.3 is 0 Å². The quantitative estimate of drug-likeness (QED) is 0.385. The van der Waals surface area contributed by atoms with E-state index in [4.69, 9.17) is 0 Å². The predicted molar refractivity (Wildman–Crippen MR) is 91.4 cm³/mol. The number of rotatable bonds is 3. The third-order valence-corrected chi connectivity index (χ3v) is 11.0. The zero-order valence-corrected chi connectivity index (χ0v) is 13.8. The smallest absolute Gasteiger partial charge is 0.264 e. The van der Waals surface area contributed by atoms with Crippen LogP contribution in [-0.2, 0) is 0 Å². The van der Waals surface area contributed by atoms with Gasteiger partial charge in [-0.2, -0.15) is 0 Å². The highest BCUT2D eigenvalue weighted by Crippen LogP contribution is 2.11. The van der Waals surface area contributed by atoms with Crippen molar-refractivity contribution < 1.29 is 0 Å². The number of pyridine rings is 3. The first-order valence-electron chi connectivity index (χ1n) is 6.25. The molecule has 5 heteroatoms. The Morgan fingerprint density at radius 1 is 0.600 bits per heavy atom. The van der Waals surface area contributed by atoms with Gasteiger partial charge in [0.25, 0.3) is 5.57 Å². The lowest BCUT2D eigenvalue weighted by molar-refractivity contribution is 1.33. The van der Waals surface area contributed by atoms with E-state index >= 15 is 0 Å². The van der Waals surface area contributed by atoms with Gasteiger partial charge in [-0.15, -0.1) is 0 Å². The molecule has 20 heavy (non-hydrogen) atoms. The van der Waals surface area contributed by atoms with Crippen molar-refractivity contribution in [1.29, 1.82) is 0 Å². The lowest BCUT2D eigenvalue weighted by Gasteiger charge is -2.23. The monoisotopic (exact) mass is 389 g/mol. The molecule has 0 N–H and O–H groups in total. The van der Waals surface area contributed by atoms with E-state index in [1.807, 2.05) is 55.0 Å². The van der Waals surface area contributed by atoms with Crippen LogP contribution < -0.4 is 16.0 Å². The SMILES string of the molecule is I[Si](c1ccccn1)(c1ccccn1)c1ccccn1. The van der Waals surface area contributed by atoms with Gasteiger partial charge < -0.3 is 0 Å². The summed E-state index contributed by atoms with van der Waals surface area (Å²) in [6.45, 7) is 0. The fourth-order valence-corrected chi connectivity index (χ4v) is 7.49. The van der Waals surface area contributed by atoms with Crippen molar-refractivity contribution in [2.75, 3.05) is 0 Å². The van der Waals surface area contributed by atoms with Crippen molar-refractivity contribution >= 4 is 43.3 Å². The summed E-state index contributed by atoms with van der Waals surface area (Å²) < 4.78 is 0. The molecular formula is C15H12IN3Si. The van der Waals surface area contributed by atoms with Gasteiger partial charge in [0.2, 0.25) is 0 Å². The summed E-state index contributed by atoms with van der Waals surface area (Å²) in [7, 11) is 0. The zero-order chi connectivity index (χ0) is 13.8. The minimum atomic E-state index is -2.24. The van der Waals surface area contributed by atoms with Crippen molar-refractivity contribution in [1.82, 2.24) is 15.0 Å². The summed E-state index contributed by atoms with van der Waals surface area (Å²) in [5, 5.41) is 3.20. The first kappa shape index (κ1) is 13.4. The molecule has 0 amide bonds. The van der Waals surface area contributed by atoms with Crippen LogP contribution in [0.3, 0.4) is 0 Å². The average Bonchev–Trinajstić information content (AvgIpc) is 2.56.